The maximum atomic E-state index is 9.16. The largest absolute Gasteiger partial charge is 0.382 e. The first kappa shape index (κ1) is 16.3. The summed E-state index contributed by atoms with van der Waals surface area (Å²) in [5, 5.41) is 13.9. The lowest BCUT2D eigenvalue weighted by molar-refractivity contribution is 0.00791. The van der Waals surface area contributed by atoms with Gasteiger partial charge in [-0.05, 0) is 49.9 Å². The molecule has 1 aliphatic carbocycles. The molecule has 1 saturated heterocycles. The molecule has 5 nitrogen and oxygen atoms in total. The molecular weight excluding hydrogens is 312 g/mol. The highest BCUT2D eigenvalue weighted by Crippen LogP contribution is 2.29. The van der Waals surface area contributed by atoms with Crippen LogP contribution in [0.3, 0.4) is 0 Å². The molecule has 1 N–H and O–H groups in total. The molecule has 1 aliphatic heterocycles. The number of nitriles is 1. The van der Waals surface area contributed by atoms with Crippen molar-refractivity contribution in [3.8, 4) is 6.07 Å². The van der Waals surface area contributed by atoms with Gasteiger partial charge in [0.15, 0.2) is 0 Å². The second kappa shape index (κ2) is 7.38. The fraction of sp³-hybridized carbons (Fsp3) is 0.500. The van der Waals surface area contributed by atoms with Crippen molar-refractivity contribution in [1.82, 2.24) is 9.88 Å². The van der Waals surface area contributed by atoms with Gasteiger partial charge in [0, 0.05) is 42.4 Å². The van der Waals surface area contributed by atoms with Crippen molar-refractivity contribution in [2.24, 2.45) is 0 Å². The van der Waals surface area contributed by atoms with E-state index in [0.29, 0.717) is 17.6 Å². The van der Waals surface area contributed by atoms with E-state index in [1.807, 2.05) is 30.5 Å². The van der Waals surface area contributed by atoms with Gasteiger partial charge in [0.1, 0.15) is 0 Å². The van der Waals surface area contributed by atoms with Gasteiger partial charge in [0.25, 0.3) is 0 Å². The van der Waals surface area contributed by atoms with Gasteiger partial charge in [-0.3, -0.25) is 9.88 Å². The number of rotatable bonds is 3. The minimum atomic E-state index is 0.494. The maximum Gasteiger partial charge on any atom is 0.0991 e. The average Bonchev–Trinajstić information content (AvgIpc) is 2.69. The standard InChI is InChI=1S/C20H24N4O/c21-14-15-1-6-19-18(13-15)20(7-8-22-19)23-16-2-4-17(5-3-16)24-9-11-25-12-10-24/h1,6-8,13,16-17H,2-5,9-12H2,(H,22,23)/t16-,17-. The van der Waals surface area contributed by atoms with E-state index in [2.05, 4.69) is 21.3 Å². The average molecular weight is 336 g/mol. The van der Waals surface area contributed by atoms with Gasteiger partial charge in [0.2, 0.25) is 0 Å². The Hall–Kier alpha value is -2.16. The number of nitrogens with zero attached hydrogens (tertiary/aromatic N) is 3. The van der Waals surface area contributed by atoms with Gasteiger partial charge in [-0.25, -0.2) is 0 Å². The van der Waals surface area contributed by atoms with E-state index in [9.17, 15) is 0 Å². The summed E-state index contributed by atoms with van der Waals surface area (Å²) in [5.41, 5.74) is 2.71. The van der Waals surface area contributed by atoms with Crippen molar-refractivity contribution >= 4 is 16.6 Å². The highest BCUT2D eigenvalue weighted by molar-refractivity contribution is 5.92. The first-order valence-electron chi connectivity index (χ1n) is 9.21. The monoisotopic (exact) mass is 336 g/mol. The number of hydrogen-bond acceptors (Lipinski definition) is 5. The Kier molecular flexibility index (Phi) is 4.82. The molecule has 4 rings (SSSR count). The summed E-state index contributed by atoms with van der Waals surface area (Å²) in [5.74, 6) is 0. The van der Waals surface area contributed by atoms with Gasteiger partial charge < -0.3 is 10.1 Å². The van der Waals surface area contributed by atoms with Gasteiger partial charge in [0.05, 0.1) is 30.4 Å². The third-order valence-electron chi connectivity index (χ3n) is 5.49. The Morgan fingerprint density at radius 3 is 2.68 bits per heavy atom. The number of pyridine rings is 1. The number of ether oxygens (including phenoxy) is 1. The number of morpholine rings is 1. The summed E-state index contributed by atoms with van der Waals surface area (Å²) < 4.78 is 5.47. The summed E-state index contributed by atoms with van der Waals surface area (Å²) >= 11 is 0. The molecule has 0 bridgehead atoms. The highest BCUT2D eigenvalue weighted by atomic mass is 16.5. The molecule has 25 heavy (non-hydrogen) atoms. The van der Waals surface area contributed by atoms with Crippen molar-refractivity contribution in [2.45, 2.75) is 37.8 Å². The summed E-state index contributed by atoms with van der Waals surface area (Å²) in [6, 6.07) is 11.1. The van der Waals surface area contributed by atoms with Crippen LogP contribution in [0.1, 0.15) is 31.2 Å². The molecule has 130 valence electrons. The summed E-state index contributed by atoms with van der Waals surface area (Å²) in [6.45, 7) is 3.91. The minimum Gasteiger partial charge on any atom is -0.382 e. The van der Waals surface area contributed by atoms with E-state index in [1.165, 1.54) is 25.7 Å². The zero-order valence-electron chi connectivity index (χ0n) is 14.4. The first-order valence-corrected chi connectivity index (χ1v) is 9.21. The molecule has 1 saturated carbocycles. The van der Waals surface area contributed by atoms with Crippen LogP contribution in [0.25, 0.3) is 10.9 Å². The number of benzene rings is 1. The molecule has 5 heteroatoms. The number of anilines is 1. The third kappa shape index (κ3) is 3.60. The normalized spacial score (nSPS) is 24.8. The van der Waals surface area contributed by atoms with Gasteiger partial charge in [-0.15, -0.1) is 0 Å². The van der Waals surface area contributed by atoms with Crippen molar-refractivity contribution in [3.05, 3.63) is 36.0 Å². The molecule has 2 aromatic rings. The summed E-state index contributed by atoms with van der Waals surface area (Å²) in [6.07, 6.45) is 6.69. The van der Waals surface area contributed by atoms with E-state index in [0.717, 1.165) is 42.9 Å². The molecule has 0 amide bonds. The zero-order valence-corrected chi connectivity index (χ0v) is 14.4. The lowest BCUT2D eigenvalue weighted by Crippen LogP contribution is -2.46. The van der Waals surface area contributed by atoms with Crippen molar-refractivity contribution < 1.29 is 4.74 Å². The van der Waals surface area contributed by atoms with E-state index in [1.54, 1.807) is 0 Å². The smallest absolute Gasteiger partial charge is 0.0991 e. The fourth-order valence-electron chi connectivity index (χ4n) is 4.09. The number of fused-ring (bicyclic) bond motifs is 1. The Bertz CT molecular complexity index is 771. The van der Waals surface area contributed by atoms with E-state index in [-0.39, 0.29) is 0 Å². The van der Waals surface area contributed by atoms with Crippen LogP contribution in [-0.2, 0) is 4.74 Å². The summed E-state index contributed by atoms with van der Waals surface area (Å²) in [4.78, 5) is 7.01. The molecule has 2 fully saturated rings. The van der Waals surface area contributed by atoms with Crippen LogP contribution in [0.15, 0.2) is 30.5 Å². The minimum absolute atomic E-state index is 0.494. The predicted molar refractivity (Wildman–Crippen MR) is 98.5 cm³/mol. The highest BCUT2D eigenvalue weighted by Gasteiger charge is 2.27. The molecule has 0 spiro atoms. The van der Waals surface area contributed by atoms with Crippen LogP contribution in [0, 0.1) is 11.3 Å². The quantitative estimate of drug-likeness (QED) is 0.933. The lowest BCUT2D eigenvalue weighted by atomic mass is 9.89. The Morgan fingerprint density at radius 1 is 1.12 bits per heavy atom. The SMILES string of the molecule is N#Cc1ccc2nccc(N[C@H]3CC[C@H](N4CCOCC4)CC3)c2c1. The lowest BCUT2D eigenvalue weighted by Gasteiger charge is -2.39. The van der Waals surface area contributed by atoms with E-state index >= 15 is 0 Å². The Balaban J connectivity index is 1.43. The number of nitrogens with one attached hydrogen (secondary N) is 1. The second-order valence-electron chi connectivity index (χ2n) is 7.00. The zero-order chi connectivity index (χ0) is 17.1. The molecule has 0 unspecified atom stereocenters. The Labute approximate surface area is 148 Å². The fourth-order valence-corrected chi connectivity index (χ4v) is 4.09. The molecule has 2 aliphatic rings. The van der Waals surface area contributed by atoms with Crippen LogP contribution >= 0.6 is 0 Å². The van der Waals surface area contributed by atoms with Gasteiger partial charge >= 0.3 is 0 Å². The van der Waals surface area contributed by atoms with Crippen LogP contribution in [-0.4, -0.2) is 48.3 Å². The van der Waals surface area contributed by atoms with Crippen molar-refractivity contribution in [3.63, 3.8) is 0 Å². The van der Waals surface area contributed by atoms with E-state index in [4.69, 9.17) is 10.00 Å². The number of aromatic nitrogens is 1. The van der Waals surface area contributed by atoms with Crippen LogP contribution in [0.5, 0.6) is 0 Å². The number of hydrogen-bond donors (Lipinski definition) is 1. The van der Waals surface area contributed by atoms with Crippen LogP contribution < -0.4 is 5.32 Å². The third-order valence-corrected chi connectivity index (χ3v) is 5.49. The van der Waals surface area contributed by atoms with Crippen molar-refractivity contribution in [2.75, 3.05) is 31.6 Å². The first-order chi connectivity index (χ1) is 12.3. The molecule has 0 radical (unpaired) electrons. The molecule has 2 heterocycles. The topological polar surface area (TPSA) is 61.2 Å². The summed E-state index contributed by atoms with van der Waals surface area (Å²) in [7, 11) is 0. The molecule has 1 aromatic carbocycles. The van der Waals surface area contributed by atoms with Gasteiger partial charge in [-0.1, -0.05) is 0 Å². The van der Waals surface area contributed by atoms with Crippen molar-refractivity contribution in [1.29, 1.82) is 5.26 Å². The molecule has 0 atom stereocenters. The van der Waals surface area contributed by atoms with Crippen LogP contribution in [0.4, 0.5) is 5.69 Å². The molecular formula is C20H24N4O. The predicted octanol–water partition coefficient (Wildman–Crippen LogP) is 3.16. The second-order valence-corrected chi connectivity index (χ2v) is 7.00. The van der Waals surface area contributed by atoms with E-state index < -0.39 is 0 Å². The molecule has 1 aromatic heterocycles. The maximum absolute atomic E-state index is 9.16. The van der Waals surface area contributed by atoms with Gasteiger partial charge in [-0.2, -0.15) is 5.26 Å². The Morgan fingerprint density at radius 2 is 1.92 bits per heavy atom. The van der Waals surface area contributed by atoms with Crippen LogP contribution in [0.2, 0.25) is 0 Å².